The van der Waals surface area contributed by atoms with Crippen LogP contribution in [0.5, 0.6) is 0 Å². The molecule has 120 valence electrons. The third-order valence-corrected chi connectivity index (χ3v) is 4.13. The lowest BCUT2D eigenvalue weighted by atomic mass is 10.1. The summed E-state index contributed by atoms with van der Waals surface area (Å²) < 4.78 is 6.44. The van der Waals surface area contributed by atoms with Crippen LogP contribution in [-0.4, -0.2) is 28.8 Å². The van der Waals surface area contributed by atoms with Gasteiger partial charge in [0.25, 0.3) is 0 Å². The lowest BCUT2D eigenvalue weighted by Gasteiger charge is -2.15. The minimum Gasteiger partial charge on any atom is -0.469 e. The topological polar surface area (TPSA) is 73.2 Å². The molecule has 0 spiro atoms. The summed E-state index contributed by atoms with van der Waals surface area (Å²) in [5.74, 6) is -0.960. The highest BCUT2D eigenvalue weighted by molar-refractivity contribution is 5.90. The Morgan fingerprint density at radius 1 is 1.35 bits per heavy atom. The first-order valence-electron chi connectivity index (χ1n) is 7.58. The number of rotatable bonds is 5. The average Bonchev–Trinajstić information content (AvgIpc) is 3.19. The van der Waals surface area contributed by atoms with E-state index >= 15 is 0 Å². The molecule has 1 amide bonds. The molecule has 1 N–H and O–H groups in total. The van der Waals surface area contributed by atoms with Gasteiger partial charge in [0.2, 0.25) is 5.91 Å². The van der Waals surface area contributed by atoms with Gasteiger partial charge in [-0.05, 0) is 37.1 Å². The predicted octanol–water partition coefficient (Wildman–Crippen LogP) is 1.86. The summed E-state index contributed by atoms with van der Waals surface area (Å²) >= 11 is 0. The summed E-state index contributed by atoms with van der Waals surface area (Å²) in [6.07, 6.45) is 4.16. The summed E-state index contributed by atoms with van der Waals surface area (Å²) in [6, 6.07) is 9.56. The molecule has 1 fully saturated rings. The fourth-order valence-electron chi connectivity index (χ4n) is 2.66. The predicted molar refractivity (Wildman–Crippen MR) is 83.7 cm³/mol. The normalized spacial score (nSPS) is 20.6. The van der Waals surface area contributed by atoms with E-state index in [4.69, 9.17) is 0 Å². The molecule has 0 bridgehead atoms. The van der Waals surface area contributed by atoms with Crippen molar-refractivity contribution >= 4 is 11.9 Å². The van der Waals surface area contributed by atoms with Crippen LogP contribution in [0.25, 0.3) is 5.69 Å². The van der Waals surface area contributed by atoms with Crippen LogP contribution in [0.2, 0.25) is 0 Å². The summed E-state index contributed by atoms with van der Waals surface area (Å²) in [6.45, 7) is 1.93. The molecule has 1 aliphatic carbocycles. The second kappa shape index (κ2) is 6.24. The first kappa shape index (κ1) is 15.3. The van der Waals surface area contributed by atoms with E-state index in [9.17, 15) is 9.59 Å². The number of carbonyl (C=O) groups excluding carboxylic acids is 2. The standard InChI is InChI=1S/C17H19N3O3/c1-11(19-16(21)14-10-15(14)17(22)23-2)12-5-3-6-13(9-12)20-8-4-7-18-20/h3-9,11,14-15H,10H2,1-2H3,(H,19,21)/t11-,14-,15-/m0/s1. The van der Waals surface area contributed by atoms with Crippen LogP contribution in [0.3, 0.4) is 0 Å². The summed E-state index contributed by atoms with van der Waals surface area (Å²) in [4.78, 5) is 23.6. The van der Waals surface area contributed by atoms with Gasteiger partial charge in [-0.25, -0.2) is 4.68 Å². The number of carbonyl (C=O) groups is 2. The van der Waals surface area contributed by atoms with Gasteiger partial charge in [0.1, 0.15) is 0 Å². The number of benzene rings is 1. The number of methoxy groups -OCH3 is 1. The zero-order chi connectivity index (χ0) is 16.4. The van der Waals surface area contributed by atoms with Crippen molar-refractivity contribution in [3.63, 3.8) is 0 Å². The van der Waals surface area contributed by atoms with Crippen molar-refractivity contribution in [1.29, 1.82) is 0 Å². The van der Waals surface area contributed by atoms with Gasteiger partial charge in [-0.15, -0.1) is 0 Å². The van der Waals surface area contributed by atoms with Crippen LogP contribution in [0.4, 0.5) is 0 Å². The zero-order valence-electron chi connectivity index (χ0n) is 13.1. The van der Waals surface area contributed by atoms with E-state index in [1.165, 1.54) is 7.11 Å². The van der Waals surface area contributed by atoms with E-state index in [0.29, 0.717) is 6.42 Å². The summed E-state index contributed by atoms with van der Waals surface area (Å²) in [5.41, 5.74) is 1.93. The Kier molecular flexibility index (Phi) is 4.14. The largest absolute Gasteiger partial charge is 0.469 e. The number of aromatic nitrogens is 2. The Labute approximate surface area is 134 Å². The highest BCUT2D eigenvalue weighted by atomic mass is 16.5. The van der Waals surface area contributed by atoms with Gasteiger partial charge in [0, 0.05) is 12.4 Å². The fraction of sp³-hybridized carbons (Fsp3) is 0.353. The van der Waals surface area contributed by atoms with Crippen molar-refractivity contribution < 1.29 is 14.3 Å². The van der Waals surface area contributed by atoms with Crippen LogP contribution in [0, 0.1) is 11.8 Å². The van der Waals surface area contributed by atoms with Gasteiger partial charge in [0.05, 0.1) is 30.7 Å². The van der Waals surface area contributed by atoms with Crippen molar-refractivity contribution in [1.82, 2.24) is 15.1 Å². The molecule has 3 rings (SSSR count). The molecule has 1 aliphatic rings. The number of hydrogen-bond acceptors (Lipinski definition) is 4. The first-order valence-corrected chi connectivity index (χ1v) is 7.58. The molecule has 3 atom stereocenters. The van der Waals surface area contributed by atoms with Gasteiger partial charge in [0.15, 0.2) is 0 Å². The van der Waals surface area contributed by atoms with Gasteiger partial charge in [-0.2, -0.15) is 5.10 Å². The van der Waals surface area contributed by atoms with Crippen molar-refractivity contribution in [3.8, 4) is 5.69 Å². The number of hydrogen-bond donors (Lipinski definition) is 1. The average molecular weight is 313 g/mol. The minimum absolute atomic E-state index is 0.0996. The Hall–Kier alpha value is -2.63. The molecule has 1 saturated carbocycles. The molecule has 1 aromatic heterocycles. The molecule has 1 aromatic carbocycles. The molecular formula is C17H19N3O3. The fourth-order valence-corrected chi connectivity index (χ4v) is 2.66. The van der Waals surface area contributed by atoms with Gasteiger partial charge in [-0.1, -0.05) is 12.1 Å². The zero-order valence-corrected chi connectivity index (χ0v) is 13.1. The number of esters is 1. The lowest BCUT2D eigenvalue weighted by molar-refractivity contribution is -0.143. The monoisotopic (exact) mass is 313 g/mol. The quantitative estimate of drug-likeness (QED) is 0.855. The van der Waals surface area contributed by atoms with Crippen LogP contribution in [0.1, 0.15) is 24.9 Å². The van der Waals surface area contributed by atoms with Crippen LogP contribution >= 0.6 is 0 Å². The highest BCUT2D eigenvalue weighted by Crippen LogP contribution is 2.39. The summed E-state index contributed by atoms with van der Waals surface area (Å²) in [5, 5.41) is 7.17. The van der Waals surface area contributed by atoms with Gasteiger partial charge < -0.3 is 10.1 Å². The first-order chi connectivity index (χ1) is 11.1. The van der Waals surface area contributed by atoms with E-state index in [2.05, 4.69) is 15.2 Å². The third kappa shape index (κ3) is 3.26. The van der Waals surface area contributed by atoms with Crippen LogP contribution in [0.15, 0.2) is 42.7 Å². The Balaban J connectivity index is 1.65. The van der Waals surface area contributed by atoms with E-state index in [-0.39, 0.29) is 29.8 Å². The molecule has 1 heterocycles. The number of ether oxygens (including phenoxy) is 1. The van der Waals surface area contributed by atoms with E-state index in [1.54, 1.807) is 10.9 Å². The maximum atomic E-state index is 12.2. The van der Waals surface area contributed by atoms with E-state index < -0.39 is 0 Å². The van der Waals surface area contributed by atoms with Crippen LogP contribution in [-0.2, 0) is 14.3 Å². The van der Waals surface area contributed by atoms with Gasteiger partial charge in [-0.3, -0.25) is 9.59 Å². The van der Waals surface area contributed by atoms with Crippen molar-refractivity contribution in [2.45, 2.75) is 19.4 Å². The SMILES string of the molecule is COC(=O)[C@H]1C[C@@H]1C(=O)N[C@@H](C)c1cccc(-n2cccn2)c1. The summed E-state index contributed by atoms with van der Waals surface area (Å²) in [7, 11) is 1.35. The molecule has 0 aliphatic heterocycles. The molecule has 0 unspecified atom stereocenters. The Bertz CT molecular complexity index is 712. The van der Waals surface area contributed by atoms with E-state index in [1.807, 2.05) is 43.5 Å². The molecular weight excluding hydrogens is 294 g/mol. The number of amides is 1. The highest BCUT2D eigenvalue weighted by Gasteiger charge is 2.49. The molecule has 6 nitrogen and oxygen atoms in total. The molecule has 23 heavy (non-hydrogen) atoms. The van der Waals surface area contributed by atoms with Crippen molar-refractivity contribution in [3.05, 3.63) is 48.3 Å². The lowest BCUT2D eigenvalue weighted by Crippen LogP contribution is -2.29. The number of nitrogens with one attached hydrogen (secondary N) is 1. The number of nitrogens with zero attached hydrogens (tertiary/aromatic N) is 2. The maximum absolute atomic E-state index is 12.2. The van der Waals surface area contributed by atoms with Crippen molar-refractivity contribution in [2.24, 2.45) is 11.8 Å². The second-order valence-corrected chi connectivity index (χ2v) is 5.75. The van der Waals surface area contributed by atoms with Gasteiger partial charge >= 0.3 is 5.97 Å². The van der Waals surface area contributed by atoms with E-state index in [0.717, 1.165) is 11.3 Å². The maximum Gasteiger partial charge on any atom is 0.309 e. The minimum atomic E-state index is -0.307. The van der Waals surface area contributed by atoms with Crippen molar-refractivity contribution in [2.75, 3.05) is 7.11 Å². The van der Waals surface area contributed by atoms with Crippen LogP contribution < -0.4 is 5.32 Å². The molecule has 2 aromatic rings. The smallest absolute Gasteiger partial charge is 0.309 e. The second-order valence-electron chi connectivity index (χ2n) is 5.75. The molecule has 0 radical (unpaired) electrons. The Morgan fingerprint density at radius 3 is 2.87 bits per heavy atom. The Morgan fingerprint density at radius 2 is 2.17 bits per heavy atom. The third-order valence-electron chi connectivity index (χ3n) is 4.13. The molecule has 6 heteroatoms. The molecule has 0 saturated heterocycles.